The molecular weight excluding hydrogens is 338 g/mol. The van der Waals surface area contributed by atoms with E-state index in [0.29, 0.717) is 34.8 Å². The largest absolute Gasteiger partial charge is 0.402 e. The number of aromatic nitrogens is 2. The molecule has 0 amide bonds. The minimum Gasteiger partial charge on any atom is -0.402 e. The molecule has 0 bridgehead atoms. The smallest absolute Gasteiger partial charge is 0.254 e. The predicted octanol–water partition coefficient (Wildman–Crippen LogP) is 3.71. The minimum atomic E-state index is -0.628. The van der Waals surface area contributed by atoms with Gasteiger partial charge in [0.1, 0.15) is 11.6 Å². The summed E-state index contributed by atoms with van der Waals surface area (Å²) in [4.78, 5) is 16.2. The van der Waals surface area contributed by atoms with Crippen molar-refractivity contribution in [3.8, 4) is 0 Å². The molecule has 1 unspecified atom stereocenters. The van der Waals surface area contributed by atoms with Crippen LogP contribution in [0.1, 0.15) is 41.7 Å². The van der Waals surface area contributed by atoms with Crippen molar-refractivity contribution in [2.75, 3.05) is 0 Å². The van der Waals surface area contributed by atoms with Crippen molar-refractivity contribution in [3.05, 3.63) is 64.5 Å². The van der Waals surface area contributed by atoms with E-state index in [4.69, 9.17) is 5.73 Å². The second-order valence-electron chi connectivity index (χ2n) is 6.43. The van der Waals surface area contributed by atoms with Crippen LogP contribution in [0.5, 0.6) is 0 Å². The number of carbonyl (C=O) groups is 1. The van der Waals surface area contributed by atoms with E-state index in [9.17, 15) is 13.6 Å². The number of nitrogens with two attached hydrogens (primary N) is 1. The lowest BCUT2D eigenvalue weighted by atomic mass is 9.82. The Hall–Kier alpha value is -3.09. The van der Waals surface area contributed by atoms with Crippen LogP contribution in [0.25, 0.3) is 5.57 Å². The number of carbonyl (C=O) groups excluding carboxylic acids is 1. The molecule has 2 N–H and O–H groups in total. The summed E-state index contributed by atoms with van der Waals surface area (Å²) < 4.78 is 28.8. The molecule has 2 heterocycles. The third kappa shape index (κ3) is 2.65. The van der Waals surface area contributed by atoms with Gasteiger partial charge in [0.15, 0.2) is 5.82 Å². The Morgan fingerprint density at radius 2 is 2.08 bits per heavy atom. The summed E-state index contributed by atoms with van der Waals surface area (Å²) in [6.07, 6.45) is 3.98. The molecule has 26 heavy (non-hydrogen) atoms. The van der Waals surface area contributed by atoms with Crippen LogP contribution >= 0.6 is 0 Å². The first-order valence-electron chi connectivity index (χ1n) is 8.21. The first kappa shape index (κ1) is 16.4. The average molecular weight is 354 g/mol. The maximum atomic E-state index is 14.3. The summed E-state index contributed by atoms with van der Waals surface area (Å²) in [7, 11) is 0. The highest BCUT2D eigenvalue weighted by molar-refractivity contribution is 5.96. The molecule has 4 rings (SSSR count). The summed E-state index contributed by atoms with van der Waals surface area (Å²) in [6.45, 7) is 1.87. The Balaban J connectivity index is 1.81. The van der Waals surface area contributed by atoms with Crippen LogP contribution in [0.2, 0.25) is 0 Å². The molecule has 0 fully saturated rings. The lowest BCUT2D eigenvalue weighted by molar-refractivity contribution is 0.0907. The second kappa shape index (κ2) is 6.01. The summed E-state index contributed by atoms with van der Waals surface area (Å²) >= 11 is 0. The van der Waals surface area contributed by atoms with Gasteiger partial charge in [0.25, 0.3) is 5.91 Å². The zero-order valence-corrected chi connectivity index (χ0v) is 14.0. The van der Waals surface area contributed by atoms with E-state index in [0.717, 1.165) is 11.6 Å². The molecule has 0 radical (unpaired) electrons. The first-order chi connectivity index (χ1) is 12.4. The number of hydrogen-bond acceptors (Lipinski definition) is 4. The quantitative estimate of drug-likeness (QED) is 0.893. The molecule has 1 aromatic carbocycles. The van der Waals surface area contributed by atoms with E-state index in [1.807, 2.05) is 13.0 Å². The molecule has 1 aromatic heterocycles. The van der Waals surface area contributed by atoms with Crippen molar-refractivity contribution in [3.63, 3.8) is 0 Å². The number of allylic oxidation sites excluding steroid dienone is 3. The van der Waals surface area contributed by atoms with Crippen LogP contribution in [0.4, 0.5) is 14.6 Å². The zero-order chi connectivity index (χ0) is 18.4. The molecule has 2 aliphatic rings. The van der Waals surface area contributed by atoms with Crippen molar-refractivity contribution < 1.29 is 13.6 Å². The molecule has 132 valence electrons. The maximum absolute atomic E-state index is 14.3. The Bertz CT molecular complexity index is 1020. The molecule has 5 nitrogen and oxygen atoms in total. The number of fused-ring (bicyclic) bond motifs is 1. The van der Waals surface area contributed by atoms with Gasteiger partial charge >= 0.3 is 0 Å². The standard InChI is InChI=1S/C19H16F2N4O/c1-10-14(13-3-2-11(20)6-16(13)21)7-12(22)8-15(10)17-9-18-23-5-4-19(26)25(18)24-17/h2-3,5-6,8-9,15H,4,7,22H2,1H3. The molecular formula is C19H16F2N4O. The maximum Gasteiger partial charge on any atom is 0.254 e. The van der Waals surface area contributed by atoms with Crippen molar-refractivity contribution in [1.82, 2.24) is 9.78 Å². The van der Waals surface area contributed by atoms with Crippen LogP contribution < -0.4 is 5.73 Å². The van der Waals surface area contributed by atoms with E-state index in [1.165, 1.54) is 16.8 Å². The van der Waals surface area contributed by atoms with Crippen LogP contribution in [-0.4, -0.2) is 21.9 Å². The van der Waals surface area contributed by atoms with Gasteiger partial charge in [-0.3, -0.25) is 4.79 Å². The fourth-order valence-electron chi connectivity index (χ4n) is 3.40. The molecule has 1 atom stereocenters. The topological polar surface area (TPSA) is 73.3 Å². The summed E-state index contributed by atoms with van der Waals surface area (Å²) in [5.41, 5.74) is 9.15. The average Bonchev–Trinajstić information content (AvgIpc) is 3.02. The highest BCUT2D eigenvalue weighted by Gasteiger charge is 2.27. The SMILES string of the molecule is CC1=C(c2ccc(F)cc2F)CC(N)=CC1c1cc2n(n1)C(=O)CC=N2. The monoisotopic (exact) mass is 354 g/mol. The number of hydrogen-bond donors (Lipinski definition) is 1. The lowest BCUT2D eigenvalue weighted by Crippen LogP contribution is -2.17. The Morgan fingerprint density at radius 3 is 2.81 bits per heavy atom. The Labute approximate surface area is 148 Å². The number of benzene rings is 1. The molecule has 0 saturated carbocycles. The predicted molar refractivity (Wildman–Crippen MR) is 94.2 cm³/mol. The van der Waals surface area contributed by atoms with Crippen LogP contribution in [0.15, 0.2) is 46.6 Å². The Kier molecular flexibility index (Phi) is 3.79. The van der Waals surface area contributed by atoms with Gasteiger partial charge in [-0.25, -0.2) is 13.8 Å². The van der Waals surface area contributed by atoms with E-state index >= 15 is 0 Å². The van der Waals surface area contributed by atoms with Crippen molar-refractivity contribution in [1.29, 1.82) is 0 Å². The molecule has 0 saturated heterocycles. The third-order valence-electron chi connectivity index (χ3n) is 4.71. The van der Waals surface area contributed by atoms with E-state index in [2.05, 4.69) is 10.1 Å². The molecule has 1 aliphatic heterocycles. The van der Waals surface area contributed by atoms with Crippen molar-refractivity contribution in [2.45, 2.75) is 25.7 Å². The summed E-state index contributed by atoms with van der Waals surface area (Å²) in [6, 6.07) is 5.24. The van der Waals surface area contributed by atoms with Crippen LogP contribution in [-0.2, 0) is 0 Å². The van der Waals surface area contributed by atoms with Gasteiger partial charge in [-0.1, -0.05) is 11.6 Å². The number of nitrogens with zero attached hydrogens (tertiary/aromatic N) is 3. The third-order valence-corrected chi connectivity index (χ3v) is 4.71. The molecule has 0 spiro atoms. The van der Waals surface area contributed by atoms with Gasteiger partial charge in [0, 0.05) is 41.9 Å². The second-order valence-corrected chi connectivity index (χ2v) is 6.43. The van der Waals surface area contributed by atoms with Gasteiger partial charge in [0.05, 0.1) is 12.1 Å². The van der Waals surface area contributed by atoms with Crippen molar-refractivity contribution >= 4 is 23.5 Å². The number of aliphatic imine (C=N–C) groups is 1. The van der Waals surface area contributed by atoms with Gasteiger partial charge in [-0.2, -0.15) is 9.78 Å². The van der Waals surface area contributed by atoms with Gasteiger partial charge in [0.2, 0.25) is 0 Å². The molecule has 7 heteroatoms. The minimum absolute atomic E-state index is 0.152. The van der Waals surface area contributed by atoms with E-state index in [-0.39, 0.29) is 18.2 Å². The number of halogens is 2. The van der Waals surface area contributed by atoms with Gasteiger partial charge < -0.3 is 5.73 Å². The van der Waals surface area contributed by atoms with Crippen LogP contribution in [0, 0.1) is 11.6 Å². The van der Waals surface area contributed by atoms with E-state index < -0.39 is 11.6 Å². The Morgan fingerprint density at radius 1 is 1.27 bits per heavy atom. The van der Waals surface area contributed by atoms with Crippen molar-refractivity contribution in [2.24, 2.45) is 10.7 Å². The fourth-order valence-corrected chi connectivity index (χ4v) is 3.40. The molecule has 2 aromatic rings. The highest BCUT2D eigenvalue weighted by Crippen LogP contribution is 2.40. The zero-order valence-electron chi connectivity index (χ0n) is 14.0. The van der Waals surface area contributed by atoms with Gasteiger partial charge in [-0.15, -0.1) is 0 Å². The summed E-state index contributed by atoms with van der Waals surface area (Å²) in [5.74, 6) is -1.24. The molecule has 1 aliphatic carbocycles. The first-order valence-corrected chi connectivity index (χ1v) is 8.21. The highest BCUT2D eigenvalue weighted by atomic mass is 19.1. The normalized spacial score (nSPS) is 19.6. The fraction of sp³-hybridized carbons (Fsp3) is 0.211. The summed E-state index contributed by atoms with van der Waals surface area (Å²) in [5, 5.41) is 4.37. The van der Waals surface area contributed by atoms with Gasteiger partial charge in [-0.05, 0) is 24.6 Å². The lowest BCUT2D eigenvalue weighted by Gasteiger charge is -2.24. The van der Waals surface area contributed by atoms with Crippen LogP contribution in [0.3, 0.4) is 0 Å². The van der Waals surface area contributed by atoms with E-state index in [1.54, 1.807) is 12.3 Å². The number of rotatable bonds is 2.